The lowest BCUT2D eigenvalue weighted by atomic mass is 9.67. The number of hydrogen-bond donors (Lipinski definition) is 1. The van der Waals surface area contributed by atoms with E-state index in [4.69, 9.17) is 0 Å². The molecule has 1 N–H and O–H groups in total. The lowest BCUT2D eigenvalue weighted by Crippen LogP contribution is -2.41. The van der Waals surface area contributed by atoms with E-state index in [2.05, 4.69) is 65.0 Å². The number of rotatable bonds is 1. The van der Waals surface area contributed by atoms with E-state index in [0.29, 0.717) is 0 Å². The Kier molecular flexibility index (Phi) is 3.51. The summed E-state index contributed by atoms with van der Waals surface area (Å²) >= 11 is 3.55. The largest absolute Gasteiger partial charge is 0.380 e. The lowest BCUT2D eigenvalue weighted by molar-refractivity contribution is -0.0454. The van der Waals surface area contributed by atoms with E-state index in [-0.39, 0.29) is 5.41 Å². The Morgan fingerprint density at radius 3 is 2.26 bits per heavy atom. The smallest absolute Gasteiger partial charge is 0.114 e. The van der Waals surface area contributed by atoms with Gasteiger partial charge in [0.05, 0.1) is 0 Å². The van der Waals surface area contributed by atoms with Gasteiger partial charge < -0.3 is 5.11 Å². The number of benzene rings is 2. The molecule has 23 heavy (non-hydrogen) atoms. The molecule has 0 radical (unpaired) electrons. The molecule has 1 atom stereocenters. The fourth-order valence-electron chi connectivity index (χ4n) is 4.65. The summed E-state index contributed by atoms with van der Waals surface area (Å²) in [7, 11) is 0. The number of halogens is 1. The van der Waals surface area contributed by atoms with Crippen LogP contribution < -0.4 is 0 Å². The highest BCUT2D eigenvalue weighted by Crippen LogP contribution is 2.57. The monoisotopic (exact) mass is 368 g/mol. The Morgan fingerprint density at radius 1 is 1.00 bits per heavy atom. The van der Waals surface area contributed by atoms with Crippen molar-refractivity contribution in [2.45, 2.75) is 37.7 Å². The molecule has 0 aromatic heterocycles. The Balaban J connectivity index is 1.79. The summed E-state index contributed by atoms with van der Waals surface area (Å²) < 4.78 is 1.02. The van der Waals surface area contributed by atoms with Crippen molar-refractivity contribution >= 4 is 15.9 Å². The third-order valence-electron chi connectivity index (χ3n) is 5.98. The van der Waals surface area contributed by atoms with E-state index in [0.717, 1.165) is 42.1 Å². The standard InChI is InChI=1S/C21H21BrO/c1-2-21(23)19-13-18(22)8-7-17(19)14-20(21)11-9-15-5-3-4-6-16(15)10-12-20/h2-8,13,23H,1,9-12,14H2. The molecule has 1 spiro atoms. The van der Waals surface area contributed by atoms with Crippen molar-refractivity contribution in [3.05, 3.63) is 81.8 Å². The van der Waals surface area contributed by atoms with Crippen LogP contribution in [-0.2, 0) is 24.9 Å². The molecule has 0 aliphatic heterocycles. The zero-order chi connectivity index (χ0) is 16.1. The molecule has 2 aromatic rings. The van der Waals surface area contributed by atoms with Crippen LogP contribution in [0.25, 0.3) is 0 Å². The van der Waals surface area contributed by atoms with E-state index in [1.54, 1.807) is 6.08 Å². The predicted octanol–water partition coefficient (Wildman–Crippen LogP) is 4.94. The van der Waals surface area contributed by atoms with Crippen LogP contribution in [0.2, 0.25) is 0 Å². The molecule has 0 saturated heterocycles. The van der Waals surface area contributed by atoms with Crippen LogP contribution in [0.4, 0.5) is 0 Å². The van der Waals surface area contributed by atoms with E-state index in [9.17, 15) is 5.11 Å². The van der Waals surface area contributed by atoms with Gasteiger partial charge in [-0.15, -0.1) is 0 Å². The summed E-state index contributed by atoms with van der Waals surface area (Å²) in [5, 5.41) is 11.6. The Hall–Kier alpha value is -1.38. The van der Waals surface area contributed by atoms with Crippen molar-refractivity contribution in [2.75, 3.05) is 0 Å². The fraction of sp³-hybridized carbons (Fsp3) is 0.333. The van der Waals surface area contributed by atoms with Crippen LogP contribution in [0.15, 0.2) is 59.6 Å². The van der Waals surface area contributed by atoms with Crippen molar-refractivity contribution in [3.8, 4) is 0 Å². The highest BCUT2D eigenvalue weighted by Gasteiger charge is 2.54. The predicted molar refractivity (Wildman–Crippen MR) is 97.5 cm³/mol. The maximum absolute atomic E-state index is 11.6. The minimum absolute atomic E-state index is 0.142. The van der Waals surface area contributed by atoms with Crippen LogP contribution in [-0.4, -0.2) is 5.11 Å². The van der Waals surface area contributed by atoms with Gasteiger partial charge in [-0.25, -0.2) is 0 Å². The molecule has 1 nitrogen and oxygen atoms in total. The molecule has 0 bridgehead atoms. The molecule has 118 valence electrons. The van der Waals surface area contributed by atoms with Gasteiger partial charge in [-0.3, -0.25) is 0 Å². The molecule has 0 saturated carbocycles. The molecule has 2 aliphatic rings. The molecule has 2 aromatic carbocycles. The van der Waals surface area contributed by atoms with Crippen LogP contribution in [0.3, 0.4) is 0 Å². The van der Waals surface area contributed by atoms with Gasteiger partial charge in [-0.05, 0) is 66.5 Å². The van der Waals surface area contributed by atoms with Crippen molar-refractivity contribution in [2.24, 2.45) is 5.41 Å². The Labute approximate surface area is 146 Å². The highest BCUT2D eigenvalue weighted by molar-refractivity contribution is 9.10. The maximum Gasteiger partial charge on any atom is 0.114 e. The van der Waals surface area contributed by atoms with Crippen molar-refractivity contribution in [3.63, 3.8) is 0 Å². The average Bonchev–Trinajstić information content (AvgIpc) is 2.70. The second-order valence-corrected chi connectivity index (χ2v) is 7.91. The van der Waals surface area contributed by atoms with Crippen molar-refractivity contribution < 1.29 is 5.11 Å². The average molecular weight is 369 g/mol. The molecule has 0 amide bonds. The molecule has 0 heterocycles. The van der Waals surface area contributed by atoms with Gasteiger partial charge >= 0.3 is 0 Å². The number of aryl methyl sites for hydroxylation is 2. The summed E-state index contributed by atoms with van der Waals surface area (Å²) in [5.41, 5.74) is 4.10. The second-order valence-electron chi connectivity index (χ2n) is 7.00. The van der Waals surface area contributed by atoms with E-state index in [1.807, 2.05) is 0 Å². The lowest BCUT2D eigenvalue weighted by Gasteiger charge is -2.41. The van der Waals surface area contributed by atoms with E-state index < -0.39 is 5.60 Å². The van der Waals surface area contributed by atoms with Crippen molar-refractivity contribution in [1.82, 2.24) is 0 Å². The fourth-order valence-corrected chi connectivity index (χ4v) is 5.01. The third kappa shape index (κ3) is 2.15. The van der Waals surface area contributed by atoms with E-state index in [1.165, 1.54) is 16.7 Å². The van der Waals surface area contributed by atoms with Crippen LogP contribution in [0.1, 0.15) is 35.1 Å². The highest BCUT2D eigenvalue weighted by atomic mass is 79.9. The van der Waals surface area contributed by atoms with Gasteiger partial charge in [-0.2, -0.15) is 0 Å². The number of hydrogen-bond acceptors (Lipinski definition) is 1. The van der Waals surface area contributed by atoms with Gasteiger partial charge in [0.1, 0.15) is 5.60 Å². The first-order valence-corrected chi connectivity index (χ1v) is 9.09. The second kappa shape index (κ2) is 5.32. The summed E-state index contributed by atoms with van der Waals surface area (Å²) in [6, 6.07) is 15.0. The molecular weight excluding hydrogens is 348 g/mol. The first-order chi connectivity index (χ1) is 11.1. The molecular formula is C21H21BrO. The van der Waals surface area contributed by atoms with Crippen LogP contribution in [0.5, 0.6) is 0 Å². The zero-order valence-corrected chi connectivity index (χ0v) is 14.8. The van der Waals surface area contributed by atoms with Gasteiger partial charge in [0, 0.05) is 9.89 Å². The topological polar surface area (TPSA) is 20.2 Å². The zero-order valence-electron chi connectivity index (χ0n) is 13.2. The first kappa shape index (κ1) is 15.2. The molecule has 2 heteroatoms. The summed E-state index contributed by atoms with van der Waals surface area (Å²) in [6.45, 7) is 4.01. The van der Waals surface area contributed by atoms with Gasteiger partial charge in [-0.1, -0.05) is 58.9 Å². The number of aliphatic hydroxyl groups is 1. The molecule has 2 aliphatic carbocycles. The SMILES string of the molecule is C=CC1(O)c2cc(Br)ccc2CC12CCc1ccccc1CC2. The van der Waals surface area contributed by atoms with Crippen LogP contribution >= 0.6 is 15.9 Å². The van der Waals surface area contributed by atoms with Crippen molar-refractivity contribution in [1.29, 1.82) is 0 Å². The van der Waals surface area contributed by atoms with Gasteiger partial charge in [0.15, 0.2) is 0 Å². The van der Waals surface area contributed by atoms with Crippen LogP contribution in [0, 0.1) is 5.41 Å². The maximum atomic E-state index is 11.6. The van der Waals surface area contributed by atoms with Gasteiger partial charge in [0.2, 0.25) is 0 Å². The molecule has 1 unspecified atom stereocenters. The van der Waals surface area contributed by atoms with Gasteiger partial charge in [0.25, 0.3) is 0 Å². The Bertz CT molecular complexity index is 752. The normalized spacial score (nSPS) is 24.8. The van der Waals surface area contributed by atoms with E-state index >= 15 is 0 Å². The summed E-state index contributed by atoms with van der Waals surface area (Å²) in [4.78, 5) is 0. The minimum atomic E-state index is -0.936. The summed E-state index contributed by atoms with van der Waals surface area (Å²) in [5.74, 6) is 0. The number of fused-ring (bicyclic) bond motifs is 2. The summed E-state index contributed by atoms with van der Waals surface area (Å²) in [6.07, 6.45) is 6.77. The first-order valence-electron chi connectivity index (χ1n) is 8.30. The quantitative estimate of drug-likeness (QED) is 0.706. The molecule has 4 rings (SSSR count). The third-order valence-corrected chi connectivity index (χ3v) is 6.47. The molecule has 0 fully saturated rings. The minimum Gasteiger partial charge on any atom is -0.380 e. The Morgan fingerprint density at radius 2 is 1.65 bits per heavy atom.